The maximum absolute atomic E-state index is 6.43. The van der Waals surface area contributed by atoms with E-state index in [1.807, 2.05) is 6.07 Å². The molecule has 148 valence electrons. The first-order valence-corrected chi connectivity index (χ1v) is 10.4. The number of para-hydroxylation sites is 2. The van der Waals surface area contributed by atoms with Crippen LogP contribution in [0.2, 0.25) is 0 Å². The molecule has 2 nitrogen and oxygen atoms in total. The highest BCUT2D eigenvalue weighted by molar-refractivity contribution is 6.10. The lowest BCUT2D eigenvalue weighted by molar-refractivity contribution is 0.590. The predicted molar refractivity (Wildman–Crippen MR) is 129 cm³/mol. The van der Waals surface area contributed by atoms with Gasteiger partial charge in [0.15, 0.2) is 0 Å². The summed E-state index contributed by atoms with van der Waals surface area (Å²) < 4.78 is 2.35. The Kier molecular flexibility index (Phi) is 4.18. The van der Waals surface area contributed by atoms with Crippen molar-refractivity contribution < 1.29 is 0 Å². The topological polar surface area (TPSA) is 30.9 Å². The maximum atomic E-state index is 6.43. The van der Waals surface area contributed by atoms with E-state index in [1.54, 1.807) is 0 Å². The molecule has 4 aromatic carbocycles. The first kappa shape index (κ1) is 18.5. The molecule has 2 N–H and O–H groups in total. The summed E-state index contributed by atoms with van der Waals surface area (Å²) in [5, 5.41) is 2.52. The largest absolute Gasteiger partial charge is 0.398 e. The number of hydrogen-bond acceptors (Lipinski definition) is 1. The minimum absolute atomic E-state index is 0.0749. The number of nitrogens with two attached hydrogens (primary N) is 1. The fourth-order valence-electron chi connectivity index (χ4n) is 4.27. The van der Waals surface area contributed by atoms with E-state index in [0.717, 1.165) is 22.5 Å². The van der Waals surface area contributed by atoms with Crippen LogP contribution >= 0.6 is 0 Å². The molecule has 1 heterocycles. The molecule has 0 spiro atoms. The molecule has 0 atom stereocenters. The lowest BCUT2D eigenvalue weighted by atomic mass is 9.85. The molecular formula is C28H26N2. The van der Waals surface area contributed by atoms with Gasteiger partial charge in [0.25, 0.3) is 0 Å². The van der Waals surface area contributed by atoms with E-state index in [9.17, 15) is 0 Å². The van der Waals surface area contributed by atoms with E-state index in [4.69, 9.17) is 5.73 Å². The van der Waals surface area contributed by atoms with E-state index < -0.39 is 0 Å². The van der Waals surface area contributed by atoms with Crippen molar-refractivity contribution in [3.63, 3.8) is 0 Å². The van der Waals surface area contributed by atoms with Crippen molar-refractivity contribution in [1.82, 2.24) is 4.57 Å². The van der Waals surface area contributed by atoms with Crippen molar-refractivity contribution in [3.05, 3.63) is 96.6 Å². The summed E-state index contributed by atoms with van der Waals surface area (Å²) >= 11 is 0. The summed E-state index contributed by atoms with van der Waals surface area (Å²) in [6.07, 6.45) is 0. The van der Waals surface area contributed by atoms with Crippen molar-refractivity contribution in [2.24, 2.45) is 0 Å². The average molecular weight is 391 g/mol. The van der Waals surface area contributed by atoms with Crippen LogP contribution in [0.25, 0.3) is 38.6 Å². The zero-order valence-electron chi connectivity index (χ0n) is 17.7. The van der Waals surface area contributed by atoms with Gasteiger partial charge in [-0.3, -0.25) is 0 Å². The van der Waals surface area contributed by atoms with Crippen LogP contribution in [0.3, 0.4) is 0 Å². The third-order valence-electron chi connectivity index (χ3n) is 5.92. The predicted octanol–water partition coefficient (Wildman–Crippen LogP) is 7.33. The molecule has 2 heteroatoms. The van der Waals surface area contributed by atoms with Gasteiger partial charge in [-0.1, -0.05) is 75.4 Å². The van der Waals surface area contributed by atoms with Crippen LogP contribution < -0.4 is 5.73 Å². The first-order chi connectivity index (χ1) is 14.4. The van der Waals surface area contributed by atoms with Crippen molar-refractivity contribution in [2.45, 2.75) is 26.2 Å². The average Bonchev–Trinajstić information content (AvgIpc) is 3.07. The van der Waals surface area contributed by atoms with Crippen LogP contribution in [0.15, 0.2) is 91.0 Å². The Hall–Kier alpha value is -3.52. The normalized spacial score (nSPS) is 12.0. The van der Waals surface area contributed by atoms with E-state index in [-0.39, 0.29) is 5.41 Å². The minimum atomic E-state index is 0.0749. The highest BCUT2D eigenvalue weighted by Gasteiger charge is 2.17. The fourth-order valence-corrected chi connectivity index (χ4v) is 4.27. The zero-order valence-corrected chi connectivity index (χ0v) is 17.7. The Balaban J connectivity index is 1.81. The van der Waals surface area contributed by atoms with Gasteiger partial charge in [-0.05, 0) is 52.9 Å². The highest BCUT2D eigenvalue weighted by Crippen LogP contribution is 2.37. The molecule has 0 amide bonds. The molecular weight excluding hydrogens is 364 g/mol. The number of fused-ring (bicyclic) bond motifs is 3. The number of anilines is 1. The summed E-state index contributed by atoms with van der Waals surface area (Å²) in [6.45, 7) is 6.70. The molecule has 0 aliphatic rings. The number of benzene rings is 4. The Morgan fingerprint density at radius 1 is 0.667 bits per heavy atom. The Bertz CT molecular complexity index is 1370. The van der Waals surface area contributed by atoms with Crippen LogP contribution in [-0.2, 0) is 5.41 Å². The van der Waals surface area contributed by atoms with Crippen molar-refractivity contribution in [1.29, 1.82) is 0 Å². The van der Waals surface area contributed by atoms with Crippen LogP contribution in [-0.4, -0.2) is 4.57 Å². The van der Waals surface area contributed by atoms with Crippen LogP contribution in [0.5, 0.6) is 0 Å². The molecule has 0 saturated carbocycles. The van der Waals surface area contributed by atoms with Gasteiger partial charge in [0, 0.05) is 27.7 Å². The lowest BCUT2D eigenvalue weighted by Gasteiger charge is -2.21. The Morgan fingerprint density at radius 3 is 2.13 bits per heavy atom. The van der Waals surface area contributed by atoms with E-state index >= 15 is 0 Å². The number of hydrogen-bond donors (Lipinski definition) is 1. The number of rotatable bonds is 2. The SMILES string of the molecule is CC(C)(C)c1ccc(N)c(-c2ccc3c4ccccc4n(-c4ccccc4)c3c2)c1. The molecule has 5 rings (SSSR count). The second-order valence-corrected chi connectivity index (χ2v) is 8.97. The van der Waals surface area contributed by atoms with Gasteiger partial charge >= 0.3 is 0 Å². The number of aromatic nitrogens is 1. The van der Waals surface area contributed by atoms with Crippen LogP contribution in [0.1, 0.15) is 26.3 Å². The maximum Gasteiger partial charge on any atom is 0.0547 e. The standard InChI is InChI=1S/C28H26N2/c1-28(2,3)20-14-16-25(29)24(18-20)19-13-15-23-22-11-7-8-12-26(22)30(27(23)17-19)21-9-5-4-6-10-21/h4-18H,29H2,1-3H3. The van der Waals surface area contributed by atoms with Gasteiger partial charge in [0.1, 0.15) is 0 Å². The van der Waals surface area contributed by atoms with Gasteiger partial charge in [0.05, 0.1) is 11.0 Å². The molecule has 0 aliphatic heterocycles. The molecule has 30 heavy (non-hydrogen) atoms. The van der Waals surface area contributed by atoms with Gasteiger partial charge < -0.3 is 10.3 Å². The monoisotopic (exact) mass is 390 g/mol. The number of nitrogens with zero attached hydrogens (tertiary/aromatic N) is 1. The smallest absolute Gasteiger partial charge is 0.0547 e. The van der Waals surface area contributed by atoms with Gasteiger partial charge in [0.2, 0.25) is 0 Å². The first-order valence-electron chi connectivity index (χ1n) is 10.4. The summed E-state index contributed by atoms with van der Waals surface area (Å²) in [4.78, 5) is 0. The summed E-state index contributed by atoms with van der Waals surface area (Å²) in [5.74, 6) is 0. The second kappa shape index (κ2) is 6.77. The number of nitrogen functional groups attached to an aromatic ring is 1. The fraction of sp³-hybridized carbons (Fsp3) is 0.143. The molecule has 0 bridgehead atoms. The highest BCUT2D eigenvalue weighted by atomic mass is 15.0. The van der Waals surface area contributed by atoms with Crippen LogP contribution in [0.4, 0.5) is 5.69 Å². The van der Waals surface area contributed by atoms with Crippen molar-refractivity contribution in [3.8, 4) is 16.8 Å². The quantitative estimate of drug-likeness (QED) is 0.314. The zero-order chi connectivity index (χ0) is 20.9. The molecule has 0 fully saturated rings. The summed E-state index contributed by atoms with van der Waals surface area (Å²) in [7, 11) is 0. The Morgan fingerprint density at radius 2 is 1.37 bits per heavy atom. The van der Waals surface area contributed by atoms with Crippen molar-refractivity contribution >= 4 is 27.5 Å². The molecule has 0 unspecified atom stereocenters. The molecule has 1 aromatic heterocycles. The van der Waals surface area contributed by atoms with E-state index in [1.165, 1.54) is 27.4 Å². The third-order valence-corrected chi connectivity index (χ3v) is 5.92. The van der Waals surface area contributed by atoms with Crippen LogP contribution in [0, 0.1) is 0 Å². The molecule has 5 aromatic rings. The van der Waals surface area contributed by atoms with Gasteiger partial charge in [-0.15, -0.1) is 0 Å². The lowest BCUT2D eigenvalue weighted by Crippen LogP contribution is -2.11. The molecule has 0 radical (unpaired) electrons. The van der Waals surface area contributed by atoms with Crippen molar-refractivity contribution in [2.75, 3.05) is 5.73 Å². The third kappa shape index (κ3) is 2.96. The van der Waals surface area contributed by atoms with Gasteiger partial charge in [-0.25, -0.2) is 0 Å². The summed E-state index contributed by atoms with van der Waals surface area (Å²) in [6, 6.07) is 32.3. The van der Waals surface area contributed by atoms with E-state index in [2.05, 4.69) is 110 Å². The molecule has 0 saturated heterocycles. The molecule has 0 aliphatic carbocycles. The summed E-state index contributed by atoms with van der Waals surface area (Å²) in [5.41, 5.74) is 14.4. The second-order valence-electron chi connectivity index (χ2n) is 8.97. The Labute approximate surface area is 177 Å². The van der Waals surface area contributed by atoms with Gasteiger partial charge in [-0.2, -0.15) is 0 Å². The van der Waals surface area contributed by atoms with E-state index in [0.29, 0.717) is 0 Å². The minimum Gasteiger partial charge on any atom is -0.398 e.